The van der Waals surface area contributed by atoms with Crippen LogP contribution in [0.4, 0.5) is 0 Å². The molecule has 0 aliphatic heterocycles. The molecule has 4 heteroatoms. The first kappa shape index (κ1) is 8.36. The molecule has 0 spiro atoms. The van der Waals surface area contributed by atoms with Crippen molar-refractivity contribution in [1.29, 1.82) is 0 Å². The van der Waals surface area contributed by atoms with E-state index < -0.39 is 11.9 Å². The van der Waals surface area contributed by atoms with Crippen LogP contribution in [0.25, 0.3) is 0 Å². The van der Waals surface area contributed by atoms with Gasteiger partial charge in [-0.15, -0.1) is 0 Å². The van der Waals surface area contributed by atoms with E-state index in [1.165, 1.54) is 0 Å². The van der Waals surface area contributed by atoms with Crippen LogP contribution in [-0.4, -0.2) is 16.1 Å². The van der Waals surface area contributed by atoms with Gasteiger partial charge in [0, 0.05) is 0 Å². The lowest BCUT2D eigenvalue weighted by molar-refractivity contribution is -0.139. The van der Waals surface area contributed by atoms with Crippen LogP contribution in [0.3, 0.4) is 0 Å². The van der Waals surface area contributed by atoms with Gasteiger partial charge in [-0.1, -0.05) is 19.1 Å². The molecule has 0 fully saturated rings. The number of aliphatic carboxylic acids is 1. The fraction of sp³-hybridized carbons (Fsp3) is 0.600. The van der Waals surface area contributed by atoms with Crippen molar-refractivity contribution >= 4 is 23.2 Å². The molecule has 0 aromatic carbocycles. The number of carbonyl (C=O) groups is 1. The minimum atomic E-state index is -0.940. The van der Waals surface area contributed by atoms with Crippen LogP contribution in [0.15, 0.2) is 0 Å². The van der Waals surface area contributed by atoms with Crippen molar-refractivity contribution in [3.05, 3.63) is 0 Å². The molecule has 1 unspecified atom stereocenters. The topological polar surface area (TPSA) is 63.3 Å². The van der Waals surface area contributed by atoms with Crippen molar-refractivity contribution in [2.24, 2.45) is 11.7 Å². The highest BCUT2D eigenvalue weighted by atomic mass is 32.1. The molecular formula is C5H9NO2S. The van der Waals surface area contributed by atoms with Gasteiger partial charge >= 0.3 is 5.97 Å². The van der Waals surface area contributed by atoms with E-state index in [1.807, 2.05) is 0 Å². The van der Waals surface area contributed by atoms with Gasteiger partial charge in [0.05, 0.1) is 4.99 Å². The second-order valence-electron chi connectivity index (χ2n) is 1.70. The highest BCUT2D eigenvalue weighted by Crippen LogP contribution is 2.01. The zero-order chi connectivity index (χ0) is 7.44. The first-order valence-electron chi connectivity index (χ1n) is 2.61. The maximum Gasteiger partial charge on any atom is 0.313 e. The lowest BCUT2D eigenvalue weighted by atomic mass is 10.1. The van der Waals surface area contributed by atoms with Gasteiger partial charge in [-0.2, -0.15) is 0 Å². The summed E-state index contributed by atoms with van der Waals surface area (Å²) in [5.74, 6) is -1.59. The number of hydrogen-bond donors (Lipinski definition) is 2. The molecule has 3 N–H and O–H groups in total. The van der Waals surface area contributed by atoms with E-state index in [0.29, 0.717) is 6.42 Å². The molecule has 0 bridgehead atoms. The number of nitrogens with two attached hydrogens (primary N) is 1. The fourth-order valence-electron chi connectivity index (χ4n) is 0.498. The molecule has 0 amide bonds. The Morgan fingerprint density at radius 3 is 2.33 bits per heavy atom. The quantitative estimate of drug-likeness (QED) is 0.566. The molecule has 0 saturated heterocycles. The average Bonchev–Trinajstić information content (AvgIpc) is 1.64. The maximum atomic E-state index is 10.2. The Morgan fingerprint density at radius 2 is 2.33 bits per heavy atom. The lowest BCUT2D eigenvalue weighted by Gasteiger charge is -2.04. The van der Waals surface area contributed by atoms with E-state index in [9.17, 15) is 4.79 Å². The van der Waals surface area contributed by atoms with Crippen LogP contribution in [0.1, 0.15) is 13.3 Å². The Kier molecular flexibility index (Phi) is 3.16. The average molecular weight is 147 g/mol. The molecule has 0 aliphatic carbocycles. The minimum absolute atomic E-state index is 0.0602. The minimum Gasteiger partial charge on any atom is -0.481 e. The summed E-state index contributed by atoms with van der Waals surface area (Å²) in [6, 6.07) is 0. The third-order valence-corrected chi connectivity index (χ3v) is 1.33. The molecular weight excluding hydrogens is 138 g/mol. The Balaban J connectivity index is 3.99. The lowest BCUT2D eigenvalue weighted by Crippen LogP contribution is -2.27. The van der Waals surface area contributed by atoms with E-state index in [4.69, 9.17) is 10.8 Å². The van der Waals surface area contributed by atoms with Gasteiger partial charge < -0.3 is 10.8 Å². The van der Waals surface area contributed by atoms with Crippen molar-refractivity contribution in [3.8, 4) is 0 Å². The molecule has 0 saturated carbocycles. The summed E-state index contributed by atoms with van der Waals surface area (Å²) < 4.78 is 0. The van der Waals surface area contributed by atoms with Gasteiger partial charge in [0.25, 0.3) is 0 Å². The standard InChI is InChI=1S/C5H9NO2S/c1-2-3(4(6)9)5(7)8/h3H,2H2,1H3,(H2,6,9)(H,7,8). The first-order valence-corrected chi connectivity index (χ1v) is 3.02. The third kappa shape index (κ3) is 2.41. The summed E-state index contributed by atoms with van der Waals surface area (Å²) in [7, 11) is 0. The zero-order valence-corrected chi connectivity index (χ0v) is 5.94. The van der Waals surface area contributed by atoms with Crippen molar-refractivity contribution in [1.82, 2.24) is 0 Å². The number of thiocarbonyl (C=S) groups is 1. The van der Waals surface area contributed by atoms with Gasteiger partial charge in [-0.3, -0.25) is 4.79 Å². The maximum absolute atomic E-state index is 10.2. The molecule has 0 aliphatic rings. The summed E-state index contributed by atoms with van der Waals surface area (Å²) in [5, 5.41) is 8.38. The molecule has 0 heterocycles. The van der Waals surface area contributed by atoms with Crippen LogP contribution in [-0.2, 0) is 4.79 Å². The van der Waals surface area contributed by atoms with Crippen LogP contribution in [0.2, 0.25) is 0 Å². The Labute approximate surface area is 58.9 Å². The molecule has 1 atom stereocenters. The van der Waals surface area contributed by atoms with Gasteiger partial charge in [0.2, 0.25) is 0 Å². The highest BCUT2D eigenvalue weighted by molar-refractivity contribution is 7.80. The van der Waals surface area contributed by atoms with Gasteiger partial charge in [0.1, 0.15) is 5.92 Å². The molecule has 0 aromatic heterocycles. The third-order valence-electron chi connectivity index (χ3n) is 1.05. The number of rotatable bonds is 3. The molecule has 52 valence electrons. The summed E-state index contributed by atoms with van der Waals surface area (Å²) in [6.45, 7) is 1.73. The number of hydrogen-bond acceptors (Lipinski definition) is 2. The van der Waals surface area contributed by atoms with Crippen LogP contribution < -0.4 is 5.73 Å². The molecule has 0 radical (unpaired) electrons. The molecule has 9 heavy (non-hydrogen) atoms. The number of carboxylic acids is 1. The molecule has 3 nitrogen and oxygen atoms in total. The summed E-state index contributed by atoms with van der Waals surface area (Å²) in [6.07, 6.45) is 0.463. The van der Waals surface area contributed by atoms with E-state index >= 15 is 0 Å². The van der Waals surface area contributed by atoms with Crippen LogP contribution >= 0.6 is 12.2 Å². The van der Waals surface area contributed by atoms with E-state index in [-0.39, 0.29) is 4.99 Å². The SMILES string of the molecule is CCC(C(=O)O)C(N)=S. The predicted molar refractivity (Wildman–Crippen MR) is 38.2 cm³/mol. The highest BCUT2D eigenvalue weighted by Gasteiger charge is 2.16. The Bertz CT molecular complexity index is 121. The zero-order valence-electron chi connectivity index (χ0n) is 5.13. The largest absolute Gasteiger partial charge is 0.481 e. The van der Waals surface area contributed by atoms with E-state index in [0.717, 1.165) is 0 Å². The van der Waals surface area contributed by atoms with E-state index in [2.05, 4.69) is 12.2 Å². The predicted octanol–water partition coefficient (Wildman–Crippen LogP) is 0.383. The second-order valence-corrected chi connectivity index (χ2v) is 2.17. The molecule has 0 aromatic rings. The van der Waals surface area contributed by atoms with Crippen LogP contribution in [0, 0.1) is 5.92 Å². The molecule has 0 rings (SSSR count). The van der Waals surface area contributed by atoms with Crippen molar-refractivity contribution in [2.45, 2.75) is 13.3 Å². The van der Waals surface area contributed by atoms with Crippen molar-refractivity contribution < 1.29 is 9.90 Å². The monoisotopic (exact) mass is 147 g/mol. The van der Waals surface area contributed by atoms with Crippen molar-refractivity contribution in [2.75, 3.05) is 0 Å². The van der Waals surface area contributed by atoms with Gasteiger partial charge in [0.15, 0.2) is 0 Å². The fourth-order valence-corrected chi connectivity index (χ4v) is 0.765. The summed E-state index contributed by atoms with van der Waals surface area (Å²) in [4.78, 5) is 10.3. The van der Waals surface area contributed by atoms with Crippen LogP contribution in [0.5, 0.6) is 0 Å². The number of carboxylic acid groups (broad SMARTS) is 1. The van der Waals surface area contributed by atoms with Gasteiger partial charge in [-0.05, 0) is 6.42 Å². The summed E-state index contributed by atoms with van der Waals surface area (Å²) in [5.41, 5.74) is 5.10. The van der Waals surface area contributed by atoms with Crippen molar-refractivity contribution in [3.63, 3.8) is 0 Å². The Morgan fingerprint density at radius 1 is 1.89 bits per heavy atom. The Hall–Kier alpha value is -0.640. The van der Waals surface area contributed by atoms with Gasteiger partial charge in [-0.25, -0.2) is 0 Å². The normalized spacial score (nSPS) is 12.6. The second kappa shape index (κ2) is 3.40. The van der Waals surface area contributed by atoms with E-state index in [1.54, 1.807) is 6.92 Å². The summed E-state index contributed by atoms with van der Waals surface area (Å²) >= 11 is 4.49. The smallest absolute Gasteiger partial charge is 0.313 e. The first-order chi connectivity index (χ1) is 4.09.